The average Bonchev–Trinajstić information content (AvgIpc) is 2.51. The Labute approximate surface area is 142 Å². The van der Waals surface area contributed by atoms with Crippen molar-refractivity contribution in [2.75, 3.05) is 7.11 Å². The number of methoxy groups -OCH3 is 1. The number of ether oxygens (including phenoxy) is 1. The molecular weight excluding hydrogens is 342 g/mol. The number of carbonyl (C=O) groups excluding carboxylic acids is 2. The smallest absolute Gasteiger partial charge is 0.326 e. The Kier molecular flexibility index (Phi) is 7.19. The lowest BCUT2D eigenvalue weighted by Gasteiger charge is -2.12. The number of Topliss-reactive ketones (excluding diaryl/α,β-unsaturated/α-hetero) is 1. The molecule has 1 unspecified atom stereocenters. The Morgan fingerprint density at radius 1 is 1.21 bits per heavy atom. The maximum Gasteiger partial charge on any atom is 0.326 e. The van der Waals surface area contributed by atoms with E-state index in [9.17, 15) is 19.2 Å². The van der Waals surface area contributed by atoms with Crippen molar-refractivity contribution in [3.8, 4) is 5.75 Å². The fourth-order valence-corrected chi connectivity index (χ4v) is 2.07. The number of nitrogens with one attached hydrogen (secondary N) is 1. The van der Waals surface area contributed by atoms with Gasteiger partial charge in [0, 0.05) is 17.9 Å². The molecule has 9 heteroatoms. The van der Waals surface area contributed by atoms with Gasteiger partial charge < -0.3 is 20.3 Å². The molecule has 1 aromatic rings. The molecule has 3 N–H and O–H groups in total. The third-order valence-electron chi connectivity index (χ3n) is 3.05. The summed E-state index contributed by atoms with van der Waals surface area (Å²) in [4.78, 5) is 45.3. The fourth-order valence-electron chi connectivity index (χ4n) is 1.90. The second kappa shape index (κ2) is 8.88. The van der Waals surface area contributed by atoms with Crippen LogP contribution in [0.4, 0.5) is 0 Å². The lowest BCUT2D eigenvalue weighted by atomic mass is 10.0. The molecule has 0 saturated carbocycles. The van der Waals surface area contributed by atoms with Gasteiger partial charge in [-0.2, -0.15) is 0 Å². The van der Waals surface area contributed by atoms with Crippen LogP contribution in [-0.4, -0.2) is 47.0 Å². The molecular formula is C15H16ClNO7. The van der Waals surface area contributed by atoms with Gasteiger partial charge in [0.2, 0.25) is 5.91 Å². The third-order valence-corrected chi connectivity index (χ3v) is 3.29. The Morgan fingerprint density at radius 3 is 2.42 bits per heavy atom. The van der Waals surface area contributed by atoms with Gasteiger partial charge in [-0.25, -0.2) is 4.79 Å². The number of halogens is 1. The number of hydrogen-bond acceptors (Lipinski definition) is 5. The van der Waals surface area contributed by atoms with Crippen LogP contribution >= 0.6 is 11.6 Å². The number of ketones is 1. The zero-order chi connectivity index (χ0) is 18.3. The molecule has 0 bridgehead atoms. The van der Waals surface area contributed by atoms with E-state index in [-0.39, 0.29) is 18.4 Å². The molecule has 1 aromatic carbocycles. The maximum atomic E-state index is 12.1. The summed E-state index contributed by atoms with van der Waals surface area (Å²) in [7, 11) is 1.39. The second-order valence-electron chi connectivity index (χ2n) is 4.82. The summed E-state index contributed by atoms with van der Waals surface area (Å²) in [5.74, 6) is -3.66. The van der Waals surface area contributed by atoms with Gasteiger partial charge >= 0.3 is 11.9 Å². The summed E-state index contributed by atoms with van der Waals surface area (Å²) in [6.45, 7) is 0. The van der Waals surface area contributed by atoms with Crippen LogP contribution in [0.1, 0.15) is 29.6 Å². The predicted molar refractivity (Wildman–Crippen MR) is 83.4 cm³/mol. The fraction of sp³-hybridized carbons (Fsp3) is 0.333. The predicted octanol–water partition coefficient (Wildman–Crippen LogP) is 1.36. The largest absolute Gasteiger partial charge is 0.496 e. The normalized spacial score (nSPS) is 11.4. The first kappa shape index (κ1) is 19.4. The molecule has 24 heavy (non-hydrogen) atoms. The minimum atomic E-state index is -1.55. The molecule has 1 atom stereocenters. The Morgan fingerprint density at radius 2 is 1.88 bits per heavy atom. The van der Waals surface area contributed by atoms with Crippen LogP contribution in [0.25, 0.3) is 0 Å². The number of carboxylic acid groups (broad SMARTS) is 2. The average molecular weight is 358 g/mol. The van der Waals surface area contributed by atoms with E-state index in [1.165, 1.54) is 19.2 Å². The highest BCUT2D eigenvalue weighted by atomic mass is 35.5. The van der Waals surface area contributed by atoms with Crippen molar-refractivity contribution in [2.45, 2.75) is 25.3 Å². The van der Waals surface area contributed by atoms with Gasteiger partial charge in [-0.1, -0.05) is 11.6 Å². The summed E-state index contributed by atoms with van der Waals surface area (Å²) in [6.07, 6.45) is -1.25. The zero-order valence-corrected chi connectivity index (χ0v) is 13.5. The molecule has 0 radical (unpaired) electrons. The first-order valence-electron chi connectivity index (χ1n) is 6.85. The highest BCUT2D eigenvalue weighted by Crippen LogP contribution is 2.24. The molecule has 1 rings (SSSR count). The van der Waals surface area contributed by atoms with Crippen molar-refractivity contribution in [3.05, 3.63) is 28.8 Å². The molecule has 0 aliphatic carbocycles. The Bertz CT molecular complexity index is 659. The van der Waals surface area contributed by atoms with Crippen molar-refractivity contribution in [1.29, 1.82) is 0 Å². The number of carbonyl (C=O) groups is 4. The number of hydrogen-bond donors (Lipinski definition) is 3. The van der Waals surface area contributed by atoms with E-state index in [1.54, 1.807) is 6.07 Å². The lowest BCUT2D eigenvalue weighted by molar-refractivity contribution is -0.147. The number of aliphatic carboxylic acids is 2. The molecule has 0 fully saturated rings. The van der Waals surface area contributed by atoms with Gasteiger partial charge in [-0.3, -0.25) is 14.4 Å². The zero-order valence-electron chi connectivity index (χ0n) is 12.7. The van der Waals surface area contributed by atoms with Crippen molar-refractivity contribution in [3.63, 3.8) is 0 Å². The highest BCUT2D eigenvalue weighted by molar-refractivity contribution is 6.31. The van der Waals surface area contributed by atoms with Crippen LogP contribution < -0.4 is 10.1 Å². The molecule has 0 aliphatic heterocycles. The number of benzene rings is 1. The molecule has 0 heterocycles. The van der Waals surface area contributed by atoms with Crippen molar-refractivity contribution >= 4 is 35.2 Å². The number of amides is 1. The lowest BCUT2D eigenvalue weighted by Crippen LogP contribution is -2.42. The van der Waals surface area contributed by atoms with Crippen molar-refractivity contribution in [1.82, 2.24) is 5.32 Å². The van der Waals surface area contributed by atoms with Crippen LogP contribution in [0.5, 0.6) is 5.75 Å². The standard InChI is InChI=1S/C15H16ClNO7/c1-24-12-4-2-8(16)6-9(12)11(18)3-5-13(19)17-10(15(22)23)7-14(20)21/h2,4,6,10H,3,5,7H2,1H3,(H,17,19)(H,20,21)(H,22,23). The topological polar surface area (TPSA) is 130 Å². The van der Waals surface area contributed by atoms with Gasteiger partial charge in [0.05, 0.1) is 19.1 Å². The van der Waals surface area contributed by atoms with E-state index in [2.05, 4.69) is 5.32 Å². The van der Waals surface area contributed by atoms with E-state index < -0.39 is 36.1 Å². The number of rotatable bonds is 9. The van der Waals surface area contributed by atoms with Crippen LogP contribution in [0.2, 0.25) is 5.02 Å². The first-order chi connectivity index (χ1) is 11.2. The second-order valence-corrected chi connectivity index (χ2v) is 5.26. The van der Waals surface area contributed by atoms with Crippen LogP contribution in [0.15, 0.2) is 18.2 Å². The van der Waals surface area contributed by atoms with E-state index in [4.69, 9.17) is 26.6 Å². The van der Waals surface area contributed by atoms with Gasteiger partial charge in [-0.05, 0) is 18.2 Å². The van der Waals surface area contributed by atoms with Gasteiger partial charge in [0.15, 0.2) is 5.78 Å². The van der Waals surface area contributed by atoms with Crippen LogP contribution in [-0.2, 0) is 14.4 Å². The summed E-state index contributed by atoms with van der Waals surface area (Å²) in [6, 6.07) is 2.92. The third kappa shape index (κ3) is 5.88. The van der Waals surface area contributed by atoms with E-state index in [0.717, 1.165) is 0 Å². The molecule has 0 aliphatic rings. The summed E-state index contributed by atoms with van der Waals surface area (Å²) in [5.41, 5.74) is 0.207. The van der Waals surface area contributed by atoms with Crippen LogP contribution in [0.3, 0.4) is 0 Å². The summed E-state index contributed by atoms with van der Waals surface area (Å²) in [5, 5.41) is 19.8. The summed E-state index contributed by atoms with van der Waals surface area (Å²) >= 11 is 5.82. The van der Waals surface area contributed by atoms with Gasteiger partial charge in [0.25, 0.3) is 0 Å². The van der Waals surface area contributed by atoms with Crippen molar-refractivity contribution in [2.24, 2.45) is 0 Å². The molecule has 0 spiro atoms. The van der Waals surface area contributed by atoms with Crippen molar-refractivity contribution < 1.29 is 34.1 Å². The SMILES string of the molecule is COc1ccc(Cl)cc1C(=O)CCC(=O)NC(CC(=O)O)C(=O)O. The first-order valence-corrected chi connectivity index (χ1v) is 7.23. The molecule has 1 amide bonds. The quantitative estimate of drug-likeness (QED) is 0.569. The maximum absolute atomic E-state index is 12.1. The minimum Gasteiger partial charge on any atom is -0.496 e. The molecule has 0 saturated heterocycles. The summed E-state index contributed by atoms with van der Waals surface area (Å²) < 4.78 is 5.05. The van der Waals surface area contributed by atoms with Gasteiger partial charge in [0.1, 0.15) is 11.8 Å². The van der Waals surface area contributed by atoms with E-state index in [0.29, 0.717) is 10.8 Å². The Hall–Kier alpha value is -2.61. The highest BCUT2D eigenvalue weighted by Gasteiger charge is 2.23. The minimum absolute atomic E-state index is 0.206. The van der Waals surface area contributed by atoms with Crippen LogP contribution in [0, 0.1) is 0 Å². The molecule has 130 valence electrons. The molecule has 8 nitrogen and oxygen atoms in total. The van der Waals surface area contributed by atoms with E-state index in [1.807, 2.05) is 0 Å². The molecule has 0 aromatic heterocycles. The number of carboxylic acids is 2. The van der Waals surface area contributed by atoms with Gasteiger partial charge in [-0.15, -0.1) is 0 Å². The Balaban J connectivity index is 2.66. The monoisotopic (exact) mass is 357 g/mol. The van der Waals surface area contributed by atoms with E-state index >= 15 is 0 Å².